The van der Waals surface area contributed by atoms with Crippen molar-refractivity contribution in [2.75, 3.05) is 5.32 Å². The van der Waals surface area contributed by atoms with Crippen LogP contribution < -0.4 is 5.32 Å². The van der Waals surface area contributed by atoms with Crippen LogP contribution in [0.3, 0.4) is 0 Å². The van der Waals surface area contributed by atoms with Crippen molar-refractivity contribution in [3.8, 4) is 0 Å². The Bertz CT molecular complexity index is 469. The minimum atomic E-state index is -0.525. The maximum absolute atomic E-state index is 10.4. The van der Waals surface area contributed by atoms with Crippen molar-refractivity contribution in [3.05, 3.63) is 44.9 Å². The summed E-state index contributed by atoms with van der Waals surface area (Å²) in [6, 6.07) is 1.99. The lowest BCUT2D eigenvalue weighted by atomic mass is 10.3. The topological polar surface area (TPSA) is 81.0 Å². The highest BCUT2D eigenvalue weighted by atomic mass is 32.1. The number of rotatable bonds is 4. The van der Waals surface area contributed by atoms with Crippen LogP contribution in [0.25, 0.3) is 0 Å². The molecular weight excluding hydrogens is 228 g/mol. The quantitative estimate of drug-likeness (QED) is 0.649. The van der Waals surface area contributed by atoms with Crippen LogP contribution in [-0.2, 0) is 6.54 Å². The molecule has 0 amide bonds. The standard InChI is InChI=1S/C9H8N4O2S/c14-13(15)8-4-11-9(12-5-8)10-3-7-1-2-16-6-7/h1-2,4-6H,3H2,(H,10,11,12). The maximum Gasteiger partial charge on any atom is 0.305 e. The van der Waals surface area contributed by atoms with E-state index in [9.17, 15) is 10.1 Å². The average molecular weight is 236 g/mol. The lowest BCUT2D eigenvalue weighted by molar-refractivity contribution is -0.385. The summed E-state index contributed by atoms with van der Waals surface area (Å²) in [6.45, 7) is 0.612. The van der Waals surface area contributed by atoms with Crippen molar-refractivity contribution in [1.82, 2.24) is 9.97 Å². The van der Waals surface area contributed by atoms with E-state index in [0.29, 0.717) is 12.5 Å². The first-order valence-corrected chi connectivity index (χ1v) is 5.41. The second-order valence-corrected chi connectivity index (χ2v) is 3.79. The zero-order chi connectivity index (χ0) is 11.4. The molecule has 1 N–H and O–H groups in total. The third kappa shape index (κ3) is 2.51. The van der Waals surface area contributed by atoms with Crippen LogP contribution in [0.4, 0.5) is 11.6 Å². The summed E-state index contributed by atoms with van der Waals surface area (Å²) < 4.78 is 0. The van der Waals surface area contributed by atoms with Gasteiger partial charge in [0.1, 0.15) is 12.4 Å². The molecule has 2 aromatic heterocycles. The first kappa shape index (κ1) is 10.5. The van der Waals surface area contributed by atoms with Crippen LogP contribution in [0.1, 0.15) is 5.56 Å². The Labute approximate surface area is 95.1 Å². The number of anilines is 1. The largest absolute Gasteiger partial charge is 0.350 e. The predicted molar refractivity (Wildman–Crippen MR) is 60.3 cm³/mol. The molecule has 0 fully saturated rings. The minimum Gasteiger partial charge on any atom is -0.350 e. The van der Waals surface area contributed by atoms with E-state index in [1.54, 1.807) is 11.3 Å². The summed E-state index contributed by atoms with van der Waals surface area (Å²) in [5.41, 5.74) is 1.02. The van der Waals surface area contributed by atoms with Crippen molar-refractivity contribution in [1.29, 1.82) is 0 Å². The normalized spacial score (nSPS) is 10.0. The van der Waals surface area contributed by atoms with Crippen LogP contribution in [0, 0.1) is 10.1 Å². The van der Waals surface area contributed by atoms with Crippen molar-refractivity contribution < 1.29 is 4.92 Å². The van der Waals surface area contributed by atoms with Gasteiger partial charge in [-0.1, -0.05) is 0 Å². The molecule has 7 heteroatoms. The lowest BCUT2D eigenvalue weighted by Gasteiger charge is -2.01. The molecule has 0 aliphatic heterocycles. The smallest absolute Gasteiger partial charge is 0.305 e. The van der Waals surface area contributed by atoms with Gasteiger partial charge in [0.25, 0.3) is 0 Å². The fourth-order valence-corrected chi connectivity index (χ4v) is 1.75. The molecule has 0 unspecified atom stereocenters. The molecule has 0 aliphatic carbocycles. The Balaban J connectivity index is 1.98. The fraction of sp³-hybridized carbons (Fsp3) is 0.111. The first-order valence-electron chi connectivity index (χ1n) is 4.47. The molecule has 6 nitrogen and oxygen atoms in total. The Morgan fingerprint density at radius 2 is 2.19 bits per heavy atom. The SMILES string of the molecule is O=[N+]([O-])c1cnc(NCc2ccsc2)nc1. The fourth-order valence-electron chi connectivity index (χ4n) is 1.08. The van der Waals surface area contributed by atoms with Gasteiger partial charge in [0.2, 0.25) is 5.95 Å². The molecule has 2 heterocycles. The number of nitro groups is 1. The lowest BCUT2D eigenvalue weighted by Crippen LogP contribution is -2.03. The number of nitrogens with zero attached hydrogens (tertiary/aromatic N) is 3. The molecule has 0 saturated heterocycles. The van der Waals surface area contributed by atoms with Crippen LogP contribution in [-0.4, -0.2) is 14.9 Å². The van der Waals surface area contributed by atoms with Gasteiger partial charge in [-0.15, -0.1) is 0 Å². The third-order valence-corrected chi connectivity index (χ3v) is 2.61. The first-order chi connectivity index (χ1) is 7.75. The van der Waals surface area contributed by atoms with Gasteiger partial charge in [0.05, 0.1) is 4.92 Å². The van der Waals surface area contributed by atoms with Gasteiger partial charge in [0, 0.05) is 6.54 Å². The second kappa shape index (κ2) is 4.67. The summed E-state index contributed by atoms with van der Waals surface area (Å²) in [4.78, 5) is 17.5. The van der Waals surface area contributed by atoms with Crippen LogP contribution >= 0.6 is 11.3 Å². The molecule has 0 saturated carbocycles. The molecule has 0 atom stereocenters. The van der Waals surface area contributed by atoms with Gasteiger partial charge in [-0.2, -0.15) is 11.3 Å². The van der Waals surface area contributed by atoms with E-state index in [4.69, 9.17) is 0 Å². The molecule has 0 aliphatic rings. The van der Waals surface area contributed by atoms with E-state index in [0.717, 1.165) is 5.56 Å². The van der Waals surface area contributed by atoms with Gasteiger partial charge >= 0.3 is 5.69 Å². The van der Waals surface area contributed by atoms with E-state index in [1.807, 2.05) is 16.8 Å². The van der Waals surface area contributed by atoms with Gasteiger partial charge in [-0.3, -0.25) is 10.1 Å². The van der Waals surface area contributed by atoms with Crippen molar-refractivity contribution in [2.24, 2.45) is 0 Å². The van der Waals surface area contributed by atoms with Gasteiger partial charge in [-0.05, 0) is 22.4 Å². The number of thiophene rings is 1. The van der Waals surface area contributed by atoms with Gasteiger partial charge < -0.3 is 5.32 Å². The van der Waals surface area contributed by atoms with E-state index in [-0.39, 0.29) is 5.69 Å². The minimum absolute atomic E-state index is 0.110. The van der Waals surface area contributed by atoms with E-state index in [1.165, 1.54) is 12.4 Å². The maximum atomic E-state index is 10.4. The molecule has 0 radical (unpaired) electrons. The molecule has 0 bridgehead atoms. The molecule has 0 spiro atoms. The Morgan fingerprint density at radius 3 is 2.75 bits per heavy atom. The van der Waals surface area contributed by atoms with Crippen LogP contribution in [0.5, 0.6) is 0 Å². The summed E-state index contributed by atoms with van der Waals surface area (Å²) in [5.74, 6) is 0.386. The molecule has 2 rings (SSSR count). The predicted octanol–water partition coefficient (Wildman–Crippen LogP) is 2.06. The zero-order valence-corrected chi connectivity index (χ0v) is 8.98. The molecule has 82 valence electrons. The average Bonchev–Trinajstić information content (AvgIpc) is 2.80. The summed E-state index contributed by atoms with van der Waals surface area (Å²) >= 11 is 1.61. The highest BCUT2D eigenvalue weighted by Crippen LogP contribution is 2.10. The van der Waals surface area contributed by atoms with E-state index >= 15 is 0 Å². The number of hydrogen-bond acceptors (Lipinski definition) is 6. The number of aromatic nitrogens is 2. The highest BCUT2D eigenvalue weighted by Gasteiger charge is 2.06. The van der Waals surface area contributed by atoms with E-state index < -0.39 is 4.92 Å². The molecule has 16 heavy (non-hydrogen) atoms. The second-order valence-electron chi connectivity index (χ2n) is 3.01. The van der Waals surface area contributed by atoms with Crippen molar-refractivity contribution in [3.63, 3.8) is 0 Å². The van der Waals surface area contributed by atoms with Crippen molar-refractivity contribution >= 4 is 23.0 Å². The number of nitrogens with one attached hydrogen (secondary N) is 1. The van der Waals surface area contributed by atoms with Crippen molar-refractivity contribution in [2.45, 2.75) is 6.54 Å². The molecule has 2 aromatic rings. The van der Waals surface area contributed by atoms with Gasteiger partial charge in [-0.25, -0.2) is 9.97 Å². The summed E-state index contributed by atoms with van der Waals surface area (Å²) in [6.07, 6.45) is 2.37. The highest BCUT2D eigenvalue weighted by molar-refractivity contribution is 7.07. The Kier molecular flexibility index (Phi) is 3.06. The van der Waals surface area contributed by atoms with Gasteiger partial charge in [0.15, 0.2) is 0 Å². The van der Waals surface area contributed by atoms with Crippen LogP contribution in [0.15, 0.2) is 29.2 Å². The summed E-state index contributed by atoms with van der Waals surface area (Å²) in [5, 5.41) is 17.3. The van der Waals surface area contributed by atoms with Crippen LogP contribution in [0.2, 0.25) is 0 Å². The Hall–Kier alpha value is -2.02. The summed E-state index contributed by atoms with van der Waals surface area (Å²) in [7, 11) is 0. The Morgan fingerprint density at radius 1 is 1.44 bits per heavy atom. The molecule has 0 aromatic carbocycles. The number of hydrogen-bond donors (Lipinski definition) is 1. The van der Waals surface area contributed by atoms with E-state index in [2.05, 4.69) is 15.3 Å². The zero-order valence-electron chi connectivity index (χ0n) is 8.16. The monoisotopic (exact) mass is 236 g/mol. The third-order valence-electron chi connectivity index (χ3n) is 1.88. The molecular formula is C9H8N4O2S.